The molecule has 0 atom stereocenters. The van der Waals surface area contributed by atoms with Crippen LogP contribution in [0.3, 0.4) is 0 Å². The van der Waals surface area contributed by atoms with Gasteiger partial charge in [0.1, 0.15) is 0 Å². The van der Waals surface area contributed by atoms with Crippen molar-refractivity contribution in [2.75, 3.05) is 0 Å². The highest BCUT2D eigenvalue weighted by atomic mass is 16.4. The van der Waals surface area contributed by atoms with Crippen molar-refractivity contribution in [2.24, 2.45) is 0 Å². The number of carboxylic acid groups (broad SMARTS) is 1. The second-order valence-electron chi connectivity index (χ2n) is 5.73. The summed E-state index contributed by atoms with van der Waals surface area (Å²) in [6.45, 7) is 2.15. The quantitative estimate of drug-likeness (QED) is 0.204. The molecule has 0 aromatic carbocycles. The van der Waals surface area contributed by atoms with Crippen LogP contribution < -0.4 is 0 Å². The van der Waals surface area contributed by atoms with E-state index in [1.807, 2.05) is 0 Å². The molecule has 0 saturated carbocycles. The van der Waals surface area contributed by atoms with Crippen molar-refractivity contribution in [1.29, 1.82) is 0 Å². The molecule has 0 aliphatic heterocycles. The van der Waals surface area contributed by atoms with Crippen molar-refractivity contribution in [2.45, 2.75) is 71.1 Å². The summed E-state index contributed by atoms with van der Waals surface area (Å²) in [4.78, 5) is 10.3. The van der Waals surface area contributed by atoms with E-state index in [2.05, 4.69) is 55.5 Å². The molecule has 0 heterocycles. The molecule has 2 heteroatoms. The average Bonchev–Trinajstić information content (AvgIpc) is 2.56. The van der Waals surface area contributed by atoms with Gasteiger partial charge in [0.2, 0.25) is 0 Å². The maximum atomic E-state index is 10.3. The molecule has 0 aromatic heterocycles. The number of hydrogen-bond donors (Lipinski definition) is 1. The first-order valence-electron chi connectivity index (χ1n) is 9.26. The molecule has 0 radical (unpaired) electrons. The molecule has 0 bridgehead atoms. The van der Waals surface area contributed by atoms with Crippen LogP contribution >= 0.6 is 0 Å². The van der Waals surface area contributed by atoms with Gasteiger partial charge in [0, 0.05) is 6.08 Å². The molecular weight excluding hydrogens is 296 g/mol. The Kier molecular flexibility index (Phi) is 17.8. The molecule has 0 saturated heterocycles. The topological polar surface area (TPSA) is 37.3 Å². The second-order valence-corrected chi connectivity index (χ2v) is 5.73. The average molecular weight is 331 g/mol. The predicted octanol–water partition coefficient (Wildman–Crippen LogP) is 6.77. The van der Waals surface area contributed by atoms with Gasteiger partial charge < -0.3 is 5.11 Å². The van der Waals surface area contributed by atoms with Crippen molar-refractivity contribution in [3.05, 3.63) is 60.8 Å². The Labute approximate surface area is 148 Å². The molecule has 1 N–H and O–H groups in total. The van der Waals surface area contributed by atoms with E-state index >= 15 is 0 Å². The number of allylic oxidation sites excluding steroid dienone is 9. The summed E-state index contributed by atoms with van der Waals surface area (Å²) in [7, 11) is 0. The minimum atomic E-state index is -0.852. The van der Waals surface area contributed by atoms with E-state index in [4.69, 9.17) is 5.11 Å². The Morgan fingerprint density at radius 2 is 1.12 bits per heavy atom. The number of carbonyl (C=O) groups is 1. The maximum Gasteiger partial charge on any atom is 0.327 e. The molecule has 0 aliphatic rings. The van der Waals surface area contributed by atoms with Gasteiger partial charge in [0.25, 0.3) is 0 Å². The molecule has 2 nitrogen and oxygen atoms in total. The normalized spacial score (nSPS) is 12.7. The van der Waals surface area contributed by atoms with Crippen LogP contribution in [0, 0.1) is 0 Å². The Balaban J connectivity index is 3.36. The summed E-state index contributed by atoms with van der Waals surface area (Å²) in [5, 5.41) is 8.45. The highest BCUT2D eigenvalue weighted by molar-refractivity contribution is 5.79. The lowest BCUT2D eigenvalue weighted by Crippen LogP contribution is -1.85. The van der Waals surface area contributed by atoms with Crippen LogP contribution in [0.5, 0.6) is 0 Å². The molecule has 0 aliphatic carbocycles. The monoisotopic (exact) mass is 330 g/mol. The van der Waals surface area contributed by atoms with Crippen LogP contribution in [0.25, 0.3) is 0 Å². The smallest absolute Gasteiger partial charge is 0.327 e. The molecule has 0 spiro atoms. The summed E-state index contributed by atoms with van der Waals surface area (Å²) < 4.78 is 0. The van der Waals surface area contributed by atoms with Gasteiger partial charge in [0.05, 0.1) is 0 Å². The van der Waals surface area contributed by atoms with Gasteiger partial charge in [-0.15, -0.1) is 0 Å². The summed E-state index contributed by atoms with van der Waals surface area (Å²) in [6.07, 6.45) is 31.6. The first-order chi connectivity index (χ1) is 11.8. The van der Waals surface area contributed by atoms with E-state index in [1.54, 1.807) is 6.08 Å². The standard InChI is InChI=1S/C22H34O2/c1-2-3-4-5-6-7-8-9-10-11-12-13-14-15-16-17-18-19-20-21-22(23)24/h3-4,6-7,9-10,12-13,20-21H,2,5,8,11,14-19H2,1H3,(H,23,24)/b4-3-,7-6+,10-9+,13-12+,21-20?. The lowest BCUT2D eigenvalue weighted by molar-refractivity contribution is -0.131. The third-order valence-corrected chi connectivity index (χ3v) is 3.47. The van der Waals surface area contributed by atoms with Gasteiger partial charge in [0.15, 0.2) is 0 Å². The van der Waals surface area contributed by atoms with E-state index in [0.717, 1.165) is 44.9 Å². The van der Waals surface area contributed by atoms with Crippen LogP contribution in [0.15, 0.2) is 60.8 Å². The highest BCUT2D eigenvalue weighted by Gasteiger charge is 1.89. The van der Waals surface area contributed by atoms with Crippen LogP contribution in [0.1, 0.15) is 71.1 Å². The summed E-state index contributed by atoms with van der Waals surface area (Å²) >= 11 is 0. The van der Waals surface area contributed by atoms with Crippen molar-refractivity contribution < 1.29 is 9.90 Å². The van der Waals surface area contributed by atoms with Crippen molar-refractivity contribution >= 4 is 5.97 Å². The van der Waals surface area contributed by atoms with E-state index in [1.165, 1.54) is 25.3 Å². The number of rotatable bonds is 15. The van der Waals surface area contributed by atoms with Crippen molar-refractivity contribution in [3.63, 3.8) is 0 Å². The minimum absolute atomic E-state index is 0.852. The van der Waals surface area contributed by atoms with Gasteiger partial charge in [-0.2, -0.15) is 0 Å². The van der Waals surface area contributed by atoms with Crippen LogP contribution in [-0.2, 0) is 4.79 Å². The van der Waals surface area contributed by atoms with Crippen molar-refractivity contribution in [1.82, 2.24) is 0 Å². The van der Waals surface area contributed by atoms with Gasteiger partial charge in [-0.05, 0) is 51.4 Å². The van der Waals surface area contributed by atoms with Gasteiger partial charge >= 0.3 is 5.97 Å². The van der Waals surface area contributed by atoms with Crippen LogP contribution in [0.2, 0.25) is 0 Å². The van der Waals surface area contributed by atoms with Gasteiger partial charge in [-0.25, -0.2) is 4.79 Å². The Hall–Kier alpha value is -1.83. The SMILES string of the molecule is CC/C=C\C/C=C/C/C=C/C/C=C/CCCCCCC=CC(=O)O. The molecule has 134 valence electrons. The van der Waals surface area contributed by atoms with E-state index < -0.39 is 5.97 Å². The number of aliphatic carboxylic acids is 1. The second kappa shape index (κ2) is 19.2. The van der Waals surface area contributed by atoms with E-state index in [0.29, 0.717) is 0 Å². The lowest BCUT2D eigenvalue weighted by atomic mass is 10.1. The Morgan fingerprint density at radius 1 is 0.667 bits per heavy atom. The molecule has 0 fully saturated rings. The van der Waals surface area contributed by atoms with Gasteiger partial charge in [-0.1, -0.05) is 74.4 Å². The van der Waals surface area contributed by atoms with E-state index in [-0.39, 0.29) is 0 Å². The molecule has 0 unspecified atom stereocenters. The first kappa shape index (κ1) is 22.2. The molecule has 0 aromatic rings. The summed E-state index contributed by atoms with van der Waals surface area (Å²) in [5.41, 5.74) is 0. The molecular formula is C22H34O2. The fraction of sp³-hybridized carbons (Fsp3) is 0.500. The summed E-state index contributed by atoms with van der Waals surface area (Å²) in [5.74, 6) is -0.852. The first-order valence-corrected chi connectivity index (χ1v) is 9.26. The van der Waals surface area contributed by atoms with E-state index in [9.17, 15) is 4.79 Å². The zero-order valence-electron chi connectivity index (χ0n) is 15.2. The fourth-order valence-corrected chi connectivity index (χ4v) is 2.16. The minimum Gasteiger partial charge on any atom is -0.478 e. The zero-order chi connectivity index (χ0) is 17.7. The fourth-order valence-electron chi connectivity index (χ4n) is 2.16. The number of hydrogen-bond acceptors (Lipinski definition) is 1. The number of unbranched alkanes of at least 4 members (excludes halogenated alkanes) is 5. The zero-order valence-corrected chi connectivity index (χ0v) is 15.2. The third-order valence-electron chi connectivity index (χ3n) is 3.47. The van der Waals surface area contributed by atoms with Crippen molar-refractivity contribution in [3.8, 4) is 0 Å². The number of carboxylic acids is 1. The maximum absolute atomic E-state index is 10.3. The Morgan fingerprint density at radius 3 is 1.62 bits per heavy atom. The largest absolute Gasteiger partial charge is 0.478 e. The third kappa shape index (κ3) is 20.2. The van der Waals surface area contributed by atoms with Crippen LogP contribution in [0.4, 0.5) is 0 Å². The molecule has 24 heavy (non-hydrogen) atoms. The lowest BCUT2D eigenvalue weighted by Gasteiger charge is -1.96. The van der Waals surface area contributed by atoms with Gasteiger partial charge in [-0.3, -0.25) is 0 Å². The predicted molar refractivity (Wildman–Crippen MR) is 105 cm³/mol. The molecule has 0 amide bonds. The van der Waals surface area contributed by atoms with Crippen LogP contribution in [-0.4, -0.2) is 11.1 Å². The Bertz CT molecular complexity index is 425. The highest BCUT2D eigenvalue weighted by Crippen LogP contribution is 2.06. The summed E-state index contributed by atoms with van der Waals surface area (Å²) in [6, 6.07) is 0. The molecule has 0 rings (SSSR count).